The van der Waals surface area contributed by atoms with Crippen LogP contribution < -0.4 is 5.73 Å². The first kappa shape index (κ1) is 11.2. The molecule has 0 aliphatic rings. The molecule has 2 N–H and O–H groups in total. The third kappa shape index (κ3) is 3.81. The molecule has 0 aliphatic heterocycles. The summed E-state index contributed by atoms with van der Waals surface area (Å²) < 4.78 is 4.86. The van der Waals surface area contributed by atoms with Gasteiger partial charge in [0, 0.05) is 6.92 Å². The first-order valence-corrected chi connectivity index (χ1v) is 4.58. The largest absolute Gasteiger partial charge is 0.461 e. The Morgan fingerprint density at radius 3 is 2.40 bits per heavy atom. The lowest BCUT2D eigenvalue weighted by molar-refractivity contribution is -0.142. The minimum atomic E-state index is -0.398. The van der Waals surface area contributed by atoms with Gasteiger partial charge >= 0.3 is 5.97 Å². The first-order valence-electron chi connectivity index (χ1n) is 4.58. The number of primary amides is 1. The summed E-state index contributed by atoms with van der Waals surface area (Å²) >= 11 is 0. The highest BCUT2D eigenvalue weighted by atomic mass is 16.5. The molecule has 4 nitrogen and oxygen atoms in total. The van der Waals surface area contributed by atoms with Gasteiger partial charge in [-0.15, -0.1) is 0 Å². The minimum Gasteiger partial charge on any atom is -0.461 e. The molecule has 15 heavy (non-hydrogen) atoms. The number of amides is 1. The second-order valence-corrected chi connectivity index (χ2v) is 3.19. The van der Waals surface area contributed by atoms with E-state index < -0.39 is 5.91 Å². The number of benzene rings is 1. The summed E-state index contributed by atoms with van der Waals surface area (Å²) in [5.41, 5.74) is 6.71. The molecule has 0 bridgehead atoms. The fourth-order valence-electron chi connectivity index (χ4n) is 1.24. The van der Waals surface area contributed by atoms with Crippen LogP contribution in [0.15, 0.2) is 24.3 Å². The third-order valence-corrected chi connectivity index (χ3v) is 1.91. The van der Waals surface area contributed by atoms with Crippen LogP contribution in [0.25, 0.3) is 0 Å². The van der Waals surface area contributed by atoms with Crippen molar-refractivity contribution in [2.24, 2.45) is 5.73 Å². The Labute approximate surface area is 88.0 Å². The maximum Gasteiger partial charge on any atom is 0.302 e. The van der Waals surface area contributed by atoms with Crippen molar-refractivity contribution in [3.05, 3.63) is 35.4 Å². The van der Waals surface area contributed by atoms with Gasteiger partial charge in [0.1, 0.15) is 6.61 Å². The van der Waals surface area contributed by atoms with Crippen molar-refractivity contribution in [3.8, 4) is 0 Å². The van der Waals surface area contributed by atoms with Crippen LogP contribution in [0.4, 0.5) is 0 Å². The van der Waals surface area contributed by atoms with Gasteiger partial charge < -0.3 is 10.5 Å². The number of ether oxygens (including phenoxy) is 1. The van der Waals surface area contributed by atoms with Crippen LogP contribution >= 0.6 is 0 Å². The molecule has 0 aromatic heterocycles. The van der Waals surface area contributed by atoms with Crippen molar-refractivity contribution in [1.82, 2.24) is 0 Å². The van der Waals surface area contributed by atoms with Gasteiger partial charge in [0.15, 0.2) is 0 Å². The average Bonchev–Trinajstić information content (AvgIpc) is 2.15. The fourth-order valence-corrected chi connectivity index (χ4v) is 1.24. The number of nitrogens with two attached hydrogens (primary N) is 1. The Hall–Kier alpha value is -1.84. The van der Waals surface area contributed by atoms with Crippen molar-refractivity contribution < 1.29 is 14.3 Å². The highest BCUT2D eigenvalue weighted by Crippen LogP contribution is 2.10. The van der Waals surface area contributed by atoms with Crippen LogP contribution in [0.1, 0.15) is 18.1 Å². The first-order chi connectivity index (χ1) is 7.09. The second-order valence-electron chi connectivity index (χ2n) is 3.19. The lowest BCUT2D eigenvalue weighted by atomic mass is 10.1. The number of carbonyl (C=O) groups excluding carboxylic acids is 2. The second kappa shape index (κ2) is 5.14. The maximum absolute atomic E-state index is 10.8. The fraction of sp³-hybridized carbons (Fsp3) is 0.273. The molecule has 1 amide bonds. The van der Waals surface area contributed by atoms with Crippen molar-refractivity contribution >= 4 is 11.9 Å². The normalized spacial score (nSPS) is 9.67. The minimum absolute atomic E-state index is 0.164. The lowest BCUT2D eigenvalue weighted by Crippen LogP contribution is -2.15. The highest BCUT2D eigenvalue weighted by molar-refractivity contribution is 5.77. The highest BCUT2D eigenvalue weighted by Gasteiger charge is 2.05. The van der Waals surface area contributed by atoms with E-state index in [0.29, 0.717) is 0 Å². The molecule has 1 rings (SSSR count). The van der Waals surface area contributed by atoms with Crippen LogP contribution in [0.2, 0.25) is 0 Å². The number of hydrogen-bond acceptors (Lipinski definition) is 3. The molecule has 0 heterocycles. The van der Waals surface area contributed by atoms with Crippen molar-refractivity contribution in [3.63, 3.8) is 0 Å². The van der Waals surface area contributed by atoms with Gasteiger partial charge in [0.05, 0.1) is 6.42 Å². The molecule has 0 fully saturated rings. The Morgan fingerprint density at radius 1 is 1.27 bits per heavy atom. The van der Waals surface area contributed by atoms with Gasteiger partial charge in [-0.2, -0.15) is 0 Å². The maximum atomic E-state index is 10.8. The van der Waals surface area contributed by atoms with E-state index in [1.807, 2.05) is 12.1 Å². The molecular formula is C11H13NO3. The average molecular weight is 207 g/mol. The predicted octanol–water partition coefficient (Wildman–Crippen LogP) is 0.777. The summed E-state index contributed by atoms with van der Waals surface area (Å²) in [6, 6.07) is 7.24. The van der Waals surface area contributed by atoms with E-state index in [1.54, 1.807) is 12.1 Å². The van der Waals surface area contributed by atoms with E-state index in [2.05, 4.69) is 0 Å². The predicted molar refractivity (Wildman–Crippen MR) is 54.8 cm³/mol. The zero-order valence-corrected chi connectivity index (χ0v) is 8.53. The van der Waals surface area contributed by atoms with Gasteiger partial charge in [-0.05, 0) is 11.1 Å². The van der Waals surface area contributed by atoms with Crippen LogP contribution in [-0.4, -0.2) is 11.9 Å². The van der Waals surface area contributed by atoms with Gasteiger partial charge in [0.2, 0.25) is 5.91 Å². The lowest BCUT2D eigenvalue weighted by Gasteiger charge is -2.07. The number of rotatable bonds is 4. The van der Waals surface area contributed by atoms with E-state index in [4.69, 9.17) is 10.5 Å². The Morgan fingerprint density at radius 2 is 1.87 bits per heavy atom. The Kier molecular flexibility index (Phi) is 3.85. The summed E-state index contributed by atoms with van der Waals surface area (Å²) in [5, 5.41) is 0. The summed E-state index contributed by atoms with van der Waals surface area (Å²) in [7, 11) is 0. The topological polar surface area (TPSA) is 69.4 Å². The molecular weight excluding hydrogens is 194 g/mol. The van der Waals surface area contributed by atoms with Gasteiger partial charge in [0.25, 0.3) is 0 Å². The monoisotopic (exact) mass is 207 g/mol. The summed E-state index contributed by atoms with van der Waals surface area (Å²) in [5.74, 6) is -0.742. The van der Waals surface area contributed by atoms with Crippen molar-refractivity contribution in [2.45, 2.75) is 20.0 Å². The zero-order valence-electron chi connectivity index (χ0n) is 8.53. The molecule has 0 saturated heterocycles. The van der Waals surface area contributed by atoms with Crippen LogP contribution in [0.3, 0.4) is 0 Å². The molecule has 0 spiro atoms. The molecule has 0 saturated carbocycles. The van der Waals surface area contributed by atoms with Crippen molar-refractivity contribution in [2.75, 3.05) is 0 Å². The summed E-state index contributed by atoms with van der Waals surface area (Å²) in [6.07, 6.45) is 0.164. The van der Waals surface area contributed by atoms with E-state index in [0.717, 1.165) is 11.1 Å². The molecule has 0 atom stereocenters. The molecule has 1 aromatic carbocycles. The smallest absolute Gasteiger partial charge is 0.302 e. The Bertz CT molecular complexity index is 374. The molecule has 0 radical (unpaired) electrons. The van der Waals surface area contributed by atoms with E-state index in [1.165, 1.54) is 6.92 Å². The molecule has 1 aromatic rings. The quantitative estimate of drug-likeness (QED) is 0.741. The van der Waals surface area contributed by atoms with Crippen LogP contribution in [0, 0.1) is 0 Å². The van der Waals surface area contributed by atoms with E-state index in [-0.39, 0.29) is 19.0 Å². The Balaban J connectivity index is 2.76. The van der Waals surface area contributed by atoms with Crippen molar-refractivity contribution in [1.29, 1.82) is 0 Å². The summed E-state index contributed by atoms with van der Waals surface area (Å²) in [6.45, 7) is 1.52. The standard InChI is InChI=1S/C11H13NO3/c1-8(13)15-7-10-5-3-2-4-9(10)6-11(12)14/h2-5H,6-7H2,1H3,(H2,12,14). The van der Waals surface area contributed by atoms with Gasteiger partial charge in [-0.1, -0.05) is 24.3 Å². The molecule has 0 unspecified atom stereocenters. The molecule has 4 heteroatoms. The number of esters is 1. The van der Waals surface area contributed by atoms with E-state index >= 15 is 0 Å². The number of hydrogen-bond donors (Lipinski definition) is 1. The van der Waals surface area contributed by atoms with Crippen LogP contribution in [0.5, 0.6) is 0 Å². The van der Waals surface area contributed by atoms with E-state index in [9.17, 15) is 9.59 Å². The van der Waals surface area contributed by atoms with Gasteiger partial charge in [-0.3, -0.25) is 9.59 Å². The zero-order chi connectivity index (χ0) is 11.3. The molecule has 0 aliphatic carbocycles. The van der Waals surface area contributed by atoms with Gasteiger partial charge in [-0.25, -0.2) is 0 Å². The third-order valence-electron chi connectivity index (χ3n) is 1.91. The van der Waals surface area contributed by atoms with Crippen LogP contribution in [-0.2, 0) is 27.4 Å². The molecule has 80 valence electrons. The summed E-state index contributed by atoms with van der Waals surface area (Å²) in [4.78, 5) is 21.4. The SMILES string of the molecule is CC(=O)OCc1ccccc1CC(N)=O. The number of carbonyl (C=O) groups is 2.